The van der Waals surface area contributed by atoms with Gasteiger partial charge in [0.15, 0.2) is 5.58 Å². The van der Waals surface area contributed by atoms with Crippen molar-refractivity contribution in [2.45, 2.75) is 0 Å². The molecule has 5 nitrogen and oxygen atoms in total. The summed E-state index contributed by atoms with van der Waals surface area (Å²) in [5.74, 6) is 0.619. The summed E-state index contributed by atoms with van der Waals surface area (Å²) in [5, 5.41) is 6.82. The van der Waals surface area contributed by atoms with E-state index in [0.717, 1.165) is 88.8 Å². The van der Waals surface area contributed by atoms with E-state index >= 15 is 0 Å². The van der Waals surface area contributed by atoms with Crippen LogP contribution in [-0.2, 0) is 0 Å². The molecule has 12 aromatic rings. The Balaban J connectivity index is 1.04. The second kappa shape index (κ2) is 12.8. The highest BCUT2D eigenvalue weighted by Gasteiger charge is 2.20. The summed E-state index contributed by atoms with van der Waals surface area (Å²) in [5.41, 5.74) is 13.0. The summed E-state index contributed by atoms with van der Waals surface area (Å²) in [7, 11) is 0. The van der Waals surface area contributed by atoms with Crippen molar-refractivity contribution in [2.24, 2.45) is 0 Å². The summed E-state index contributed by atoms with van der Waals surface area (Å²) in [4.78, 5) is 7.29. The maximum absolute atomic E-state index is 6.44. The first-order valence-electron chi connectivity index (χ1n) is 19.5. The van der Waals surface area contributed by atoms with Gasteiger partial charge in [0.25, 0.3) is 0 Å². The van der Waals surface area contributed by atoms with E-state index in [1.54, 1.807) is 0 Å². The molecule has 272 valence electrons. The molecule has 0 amide bonds. The van der Waals surface area contributed by atoms with Crippen LogP contribution >= 0.6 is 0 Å². The highest BCUT2D eigenvalue weighted by Crippen LogP contribution is 2.43. The predicted molar refractivity (Wildman–Crippen MR) is 239 cm³/mol. The molecule has 5 heteroatoms. The second-order valence-electron chi connectivity index (χ2n) is 14.8. The Morgan fingerprint density at radius 2 is 0.983 bits per heavy atom. The van der Waals surface area contributed by atoms with E-state index in [1.807, 2.05) is 42.5 Å². The first kappa shape index (κ1) is 32.4. The number of hydrogen-bond donors (Lipinski definition) is 0. The van der Waals surface area contributed by atoms with Crippen LogP contribution in [0.2, 0.25) is 0 Å². The van der Waals surface area contributed by atoms with Crippen LogP contribution in [-0.4, -0.2) is 9.55 Å². The van der Waals surface area contributed by atoms with Gasteiger partial charge >= 0.3 is 0 Å². The number of fused-ring (bicyclic) bond motifs is 9. The zero-order valence-corrected chi connectivity index (χ0v) is 31.2. The SMILES string of the molecule is c1ccc(-c2nc3c(cc(-c4ccc(N(c5ccc6c(c5)oc5ccccc56)c5ccc6c7ccccc7n(-c7ccccc7)c6c5)cc4)c4ccccc43)o2)cc1. The molecule has 0 saturated heterocycles. The number of furan rings is 1. The van der Waals surface area contributed by atoms with Crippen LogP contribution in [0.5, 0.6) is 0 Å². The van der Waals surface area contributed by atoms with Gasteiger partial charge in [-0.3, -0.25) is 0 Å². The summed E-state index contributed by atoms with van der Waals surface area (Å²) in [6, 6.07) is 70.4. The first-order valence-corrected chi connectivity index (χ1v) is 19.5. The van der Waals surface area contributed by atoms with Crippen molar-refractivity contribution in [3.8, 4) is 28.3 Å². The van der Waals surface area contributed by atoms with E-state index in [2.05, 4.69) is 167 Å². The number of hydrogen-bond acceptors (Lipinski definition) is 4. The van der Waals surface area contributed by atoms with Gasteiger partial charge in [-0.1, -0.05) is 115 Å². The minimum Gasteiger partial charge on any atom is -0.456 e. The normalized spacial score (nSPS) is 11.8. The molecule has 58 heavy (non-hydrogen) atoms. The fourth-order valence-corrected chi connectivity index (χ4v) is 8.74. The fraction of sp³-hybridized carbons (Fsp3) is 0. The van der Waals surface area contributed by atoms with Crippen molar-refractivity contribution in [3.63, 3.8) is 0 Å². The quantitative estimate of drug-likeness (QED) is 0.170. The largest absolute Gasteiger partial charge is 0.456 e. The van der Waals surface area contributed by atoms with Crippen LogP contribution < -0.4 is 4.90 Å². The molecule has 0 unspecified atom stereocenters. The predicted octanol–water partition coefficient (Wildman–Crippen LogP) is 14.8. The Bertz CT molecular complexity index is 3510. The van der Waals surface area contributed by atoms with E-state index < -0.39 is 0 Å². The van der Waals surface area contributed by atoms with Gasteiger partial charge in [0.2, 0.25) is 5.89 Å². The molecule has 9 aromatic carbocycles. The average Bonchev–Trinajstić information content (AvgIpc) is 3.99. The first-order chi connectivity index (χ1) is 28.7. The number of nitrogens with zero attached hydrogens (tertiary/aromatic N) is 3. The zero-order chi connectivity index (χ0) is 38.2. The van der Waals surface area contributed by atoms with Crippen molar-refractivity contribution < 1.29 is 8.83 Å². The Kier molecular flexibility index (Phi) is 7.16. The van der Waals surface area contributed by atoms with Crippen LogP contribution in [0.3, 0.4) is 0 Å². The van der Waals surface area contributed by atoms with Crippen molar-refractivity contribution in [2.75, 3.05) is 4.90 Å². The van der Waals surface area contributed by atoms with Crippen LogP contribution in [0.25, 0.3) is 93.9 Å². The van der Waals surface area contributed by atoms with Gasteiger partial charge < -0.3 is 18.3 Å². The van der Waals surface area contributed by atoms with Crippen molar-refractivity contribution in [1.29, 1.82) is 0 Å². The summed E-state index contributed by atoms with van der Waals surface area (Å²) >= 11 is 0. The molecule has 3 aromatic heterocycles. The van der Waals surface area contributed by atoms with Crippen LogP contribution in [0.4, 0.5) is 17.1 Å². The molecule has 0 saturated carbocycles. The Morgan fingerprint density at radius 3 is 1.79 bits per heavy atom. The lowest BCUT2D eigenvalue weighted by Gasteiger charge is -2.26. The average molecular weight is 744 g/mol. The summed E-state index contributed by atoms with van der Waals surface area (Å²) in [6.07, 6.45) is 0. The topological polar surface area (TPSA) is 47.3 Å². The van der Waals surface area contributed by atoms with E-state index in [9.17, 15) is 0 Å². The minimum absolute atomic E-state index is 0.619. The molecule has 0 fully saturated rings. The van der Waals surface area contributed by atoms with Crippen LogP contribution in [0.15, 0.2) is 209 Å². The molecule has 0 aliphatic heterocycles. The van der Waals surface area contributed by atoms with Crippen molar-refractivity contribution in [1.82, 2.24) is 9.55 Å². The van der Waals surface area contributed by atoms with Crippen molar-refractivity contribution in [3.05, 3.63) is 200 Å². The number of benzene rings is 9. The highest BCUT2D eigenvalue weighted by molar-refractivity contribution is 6.12. The molecule has 0 bridgehead atoms. The molecule has 0 spiro atoms. The number of oxazole rings is 1. The Hall–Kier alpha value is -7.89. The molecule has 0 aliphatic carbocycles. The third-order valence-corrected chi connectivity index (χ3v) is 11.4. The van der Waals surface area contributed by atoms with Crippen LogP contribution in [0, 0.1) is 0 Å². The summed E-state index contributed by atoms with van der Waals surface area (Å²) in [6.45, 7) is 0. The maximum Gasteiger partial charge on any atom is 0.227 e. The standard InChI is InChI=1S/C53H33N3O2/c1-3-13-35(14-4-1)53-54-52-45-20-8-7-17-40(45)46(33-51(52)58-53)34-23-25-37(26-24-34)55(39-28-30-44-43-19-10-12-22-49(43)57-50(44)32-39)38-27-29-42-41-18-9-11-21-47(41)56(48(42)31-38)36-15-5-2-6-16-36/h1-33H. The number of rotatable bonds is 6. The number of anilines is 3. The molecule has 0 N–H and O–H groups in total. The fourth-order valence-electron chi connectivity index (χ4n) is 8.74. The van der Waals surface area contributed by atoms with Crippen LogP contribution in [0.1, 0.15) is 0 Å². The molecule has 0 radical (unpaired) electrons. The van der Waals surface area contributed by atoms with Gasteiger partial charge in [-0.15, -0.1) is 0 Å². The highest BCUT2D eigenvalue weighted by atomic mass is 16.3. The Labute approximate surface area is 333 Å². The lowest BCUT2D eigenvalue weighted by Crippen LogP contribution is -2.10. The van der Waals surface area contributed by atoms with Gasteiger partial charge in [0.1, 0.15) is 16.7 Å². The van der Waals surface area contributed by atoms with E-state index in [-0.39, 0.29) is 0 Å². The lowest BCUT2D eigenvalue weighted by atomic mass is 9.97. The molecular formula is C53H33N3O2. The van der Waals surface area contributed by atoms with E-state index in [1.165, 1.54) is 16.3 Å². The third-order valence-electron chi connectivity index (χ3n) is 11.4. The van der Waals surface area contributed by atoms with Gasteiger partial charge in [0.05, 0.1) is 11.0 Å². The smallest absolute Gasteiger partial charge is 0.227 e. The molecule has 0 aliphatic rings. The molecule has 12 rings (SSSR count). The molecule has 0 atom stereocenters. The molecule has 3 heterocycles. The lowest BCUT2D eigenvalue weighted by molar-refractivity contribution is 0.620. The zero-order valence-electron chi connectivity index (χ0n) is 31.2. The Morgan fingerprint density at radius 1 is 0.379 bits per heavy atom. The minimum atomic E-state index is 0.619. The van der Waals surface area contributed by atoms with Gasteiger partial charge in [-0.05, 0) is 95.4 Å². The van der Waals surface area contributed by atoms with Gasteiger partial charge in [0, 0.05) is 61.3 Å². The number of aromatic nitrogens is 2. The number of para-hydroxylation sites is 3. The monoisotopic (exact) mass is 743 g/mol. The van der Waals surface area contributed by atoms with E-state index in [4.69, 9.17) is 13.8 Å². The molecular weight excluding hydrogens is 711 g/mol. The van der Waals surface area contributed by atoms with Crippen molar-refractivity contribution >= 4 is 82.7 Å². The third kappa shape index (κ3) is 5.07. The second-order valence-corrected chi connectivity index (χ2v) is 14.8. The summed E-state index contributed by atoms with van der Waals surface area (Å²) < 4.78 is 15.2. The van der Waals surface area contributed by atoms with Gasteiger partial charge in [-0.2, -0.15) is 0 Å². The van der Waals surface area contributed by atoms with E-state index in [0.29, 0.717) is 5.89 Å². The maximum atomic E-state index is 6.44. The van der Waals surface area contributed by atoms with Gasteiger partial charge in [-0.25, -0.2) is 4.98 Å².